The minimum absolute atomic E-state index is 0.153. The molecule has 0 fully saturated rings. The molecule has 106 valence electrons. The molecule has 2 aromatic rings. The zero-order valence-electron chi connectivity index (χ0n) is 11.7. The molecule has 0 saturated heterocycles. The third-order valence-corrected chi connectivity index (χ3v) is 3.43. The van der Waals surface area contributed by atoms with E-state index < -0.39 is 0 Å². The molecule has 3 rings (SSSR count). The molecule has 4 heteroatoms. The van der Waals surface area contributed by atoms with Crippen molar-refractivity contribution in [1.82, 2.24) is 10.6 Å². The fourth-order valence-corrected chi connectivity index (χ4v) is 2.33. The van der Waals surface area contributed by atoms with Crippen molar-refractivity contribution < 1.29 is 9.53 Å². The van der Waals surface area contributed by atoms with Gasteiger partial charge < -0.3 is 15.4 Å². The van der Waals surface area contributed by atoms with Crippen molar-refractivity contribution in [3.63, 3.8) is 0 Å². The minimum atomic E-state index is -0.197. The summed E-state index contributed by atoms with van der Waals surface area (Å²) >= 11 is 0. The summed E-state index contributed by atoms with van der Waals surface area (Å²) in [6.07, 6.45) is 2.01. The number of amides is 2. The van der Waals surface area contributed by atoms with E-state index in [4.69, 9.17) is 4.74 Å². The Balaban J connectivity index is 1.92. The highest BCUT2D eigenvalue weighted by Gasteiger charge is 2.20. The number of methoxy groups -OCH3 is 1. The second kappa shape index (κ2) is 5.71. The quantitative estimate of drug-likeness (QED) is 0.907. The smallest absolute Gasteiger partial charge is 0.319 e. The fraction of sp³-hybridized carbons (Fsp3) is 0.118. The van der Waals surface area contributed by atoms with Crippen molar-refractivity contribution in [2.75, 3.05) is 7.11 Å². The molecule has 0 spiro atoms. The summed E-state index contributed by atoms with van der Waals surface area (Å²) < 4.78 is 5.15. The maximum Gasteiger partial charge on any atom is 0.319 e. The third-order valence-electron chi connectivity index (χ3n) is 3.43. The van der Waals surface area contributed by atoms with Gasteiger partial charge in [0.1, 0.15) is 5.75 Å². The van der Waals surface area contributed by atoms with Gasteiger partial charge in [-0.25, -0.2) is 4.79 Å². The predicted molar refractivity (Wildman–Crippen MR) is 81.8 cm³/mol. The number of carbonyl (C=O) groups excluding carboxylic acids is 1. The zero-order chi connectivity index (χ0) is 14.7. The maximum absolute atomic E-state index is 11.9. The Labute approximate surface area is 123 Å². The topological polar surface area (TPSA) is 50.4 Å². The number of nitrogens with one attached hydrogen (secondary N) is 2. The first-order valence-electron chi connectivity index (χ1n) is 6.75. The number of benzene rings is 2. The van der Waals surface area contributed by atoms with Crippen LogP contribution in [0.2, 0.25) is 0 Å². The van der Waals surface area contributed by atoms with Crippen molar-refractivity contribution in [3.05, 3.63) is 71.8 Å². The van der Waals surface area contributed by atoms with Crippen LogP contribution in [0, 0.1) is 0 Å². The Morgan fingerprint density at radius 2 is 1.71 bits per heavy atom. The molecular weight excluding hydrogens is 264 g/mol. The van der Waals surface area contributed by atoms with Crippen LogP contribution in [0.15, 0.2) is 60.7 Å². The molecule has 1 aliphatic heterocycles. The second-order valence-corrected chi connectivity index (χ2v) is 4.80. The standard InChI is InChI=1S/C17H16N2O2/c1-21-14-9-7-13(8-10-14)16-11-15(18-17(20)19-16)12-5-3-2-4-6-12/h2-11,16H,1H3,(H2,18,19,20). The van der Waals surface area contributed by atoms with Crippen molar-refractivity contribution in [1.29, 1.82) is 0 Å². The molecule has 1 heterocycles. The van der Waals surface area contributed by atoms with E-state index in [0.29, 0.717) is 0 Å². The molecule has 0 aromatic heterocycles. The van der Waals surface area contributed by atoms with Gasteiger partial charge in [-0.15, -0.1) is 0 Å². The molecule has 2 N–H and O–H groups in total. The van der Waals surface area contributed by atoms with Crippen LogP contribution < -0.4 is 15.4 Å². The average Bonchev–Trinajstić information content (AvgIpc) is 2.55. The lowest BCUT2D eigenvalue weighted by molar-refractivity contribution is 0.241. The first-order valence-corrected chi connectivity index (χ1v) is 6.75. The zero-order valence-corrected chi connectivity index (χ0v) is 11.7. The monoisotopic (exact) mass is 280 g/mol. The highest BCUT2D eigenvalue weighted by molar-refractivity contribution is 5.88. The van der Waals surface area contributed by atoms with E-state index in [0.717, 1.165) is 22.6 Å². The predicted octanol–water partition coefficient (Wildman–Crippen LogP) is 3.09. The molecule has 1 atom stereocenters. The van der Waals surface area contributed by atoms with Gasteiger partial charge in [-0.2, -0.15) is 0 Å². The van der Waals surface area contributed by atoms with Gasteiger partial charge >= 0.3 is 6.03 Å². The average molecular weight is 280 g/mol. The van der Waals surface area contributed by atoms with Crippen LogP contribution in [0.5, 0.6) is 5.75 Å². The summed E-state index contributed by atoms with van der Waals surface area (Å²) in [5, 5.41) is 5.74. The van der Waals surface area contributed by atoms with Crippen LogP contribution in [0.3, 0.4) is 0 Å². The van der Waals surface area contributed by atoms with Gasteiger partial charge in [0.15, 0.2) is 0 Å². The van der Waals surface area contributed by atoms with Gasteiger partial charge in [0.05, 0.1) is 13.2 Å². The molecule has 1 aliphatic rings. The summed E-state index contributed by atoms with van der Waals surface area (Å²) in [4.78, 5) is 11.9. The van der Waals surface area contributed by atoms with Crippen LogP contribution in [-0.4, -0.2) is 13.1 Å². The normalized spacial score (nSPS) is 17.5. The summed E-state index contributed by atoms with van der Waals surface area (Å²) in [7, 11) is 1.63. The van der Waals surface area contributed by atoms with Gasteiger partial charge in [-0.3, -0.25) is 0 Å². The second-order valence-electron chi connectivity index (χ2n) is 4.80. The van der Waals surface area contributed by atoms with Gasteiger partial charge in [-0.05, 0) is 29.3 Å². The number of hydrogen-bond acceptors (Lipinski definition) is 2. The van der Waals surface area contributed by atoms with Crippen LogP contribution in [0.25, 0.3) is 5.70 Å². The third kappa shape index (κ3) is 2.89. The van der Waals surface area contributed by atoms with Crippen molar-refractivity contribution in [2.45, 2.75) is 6.04 Å². The molecule has 21 heavy (non-hydrogen) atoms. The Morgan fingerprint density at radius 3 is 2.38 bits per heavy atom. The van der Waals surface area contributed by atoms with Gasteiger partial charge in [0, 0.05) is 5.70 Å². The SMILES string of the molecule is COc1ccc(C2C=C(c3ccccc3)NC(=O)N2)cc1. The molecule has 0 aliphatic carbocycles. The molecule has 0 saturated carbocycles. The van der Waals surface area contributed by atoms with E-state index in [-0.39, 0.29) is 12.1 Å². The van der Waals surface area contributed by atoms with Gasteiger partial charge in [-0.1, -0.05) is 42.5 Å². The first-order chi connectivity index (χ1) is 10.3. The van der Waals surface area contributed by atoms with Crippen molar-refractivity contribution in [3.8, 4) is 5.75 Å². The lowest BCUT2D eigenvalue weighted by atomic mass is 10.0. The van der Waals surface area contributed by atoms with Crippen LogP contribution in [-0.2, 0) is 0 Å². The molecule has 4 nitrogen and oxygen atoms in total. The van der Waals surface area contributed by atoms with Crippen LogP contribution in [0.4, 0.5) is 4.79 Å². The van der Waals surface area contributed by atoms with E-state index >= 15 is 0 Å². The van der Waals surface area contributed by atoms with Crippen molar-refractivity contribution >= 4 is 11.7 Å². The number of carbonyl (C=O) groups is 1. The number of hydrogen-bond donors (Lipinski definition) is 2. The Bertz CT molecular complexity index is 663. The number of rotatable bonds is 3. The Hall–Kier alpha value is -2.75. The summed E-state index contributed by atoms with van der Waals surface area (Å²) in [5.74, 6) is 0.797. The van der Waals surface area contributed by atoms with E-state index in [2.05, 4.69) is 10.6 Å². The number of ether oxygens (including phenoxy) is 1. The highest BCUT2D eigenvalue weighted by Crippen LogP contribution is 2.24. The van der Waals surface area contributed by atoms with Gasteiger partial charge in [0.25, 0.3) is 0 Å². The number of urea groups is 1. The van der Waals surface area contributed by atoms with Gasteiger partial charge in [0.2, 0.25) is 0 Å². The Morgan fingerprint density at radius 1 is 1.00 bits per heavy atom. The summed E-state index contributed by atoms with van der Waals surface area (Å²) in [5.41, 5.74) is 2.82. The minimum Gasteiger partial charge on any atom is -0.497 e. The van der Waals surface area contributed by atoms with E-state index in [1.165, 1.54) is 0 Å². The van der Waals surface area contributed by atoms with E-state index in [1.807, 2.05) is 60.7 Å². The molecule has 2 aromatic carbocycles. The first kappa shape index (κ1) is 13.2. The Kier molecular flexibility index (Phi) is 3.60. The van der Waals surface area contributed by atoms with E-state index in [1.54, 1.807) is 7.11 Å². The van der Waals surface area contributed by atoms with Crippen molar-refractivity contribution in [2.24, 2.45) is 0 Å². The fourth-order valence-electron chi connectivity index (χ4n) is 2.33. The van der Waals surface area contributed by atoms with Crippen LogP contribution in [0.1, 0.15) is 17.2 Å². The lowest BCUT2D eigenvalue weighted by Crippen LogP contribution is -2.40. The molecule has 2 amide bonds. The molecular formula is C17H16N2O2. The van der Waals surface area contributed by atoms with E-state index in [9.17, 15) is 4.79 Å². The summed E-state index contributed by atoms with van der Waals surface area (Å²) in [6, 6.07) is 17.1. The highest BCUT2D eigenvalue weighted by atomic mass is 16.5. The lowest BCUT2D eigenvalue weighted by Gasteiger charge is -2.24. The summed E-state index contributed by atoms with van der Waals surface area (Å²) in [6.45, 7) is 0. The largest absolute Gasteiger partial charge is 0.497 e. The maximum atomic E-state index is 11.9. The molecule has 1 unspecified atom stereocenters. The van der Waals surface area contributed by atoms with Crippen LogP contribution >= 0.6 is 0 Å². The molecule has 0 bridgehead atoms. The molecule has 0 radical (unpaired) electrons.